The van der Waals surface area contributed by atoms with Crippen molar-refractivity contribution in [1.29, 1.82) is 0 Å². The van der Waals surface area contributed by atoms with Crippen LogP contribution in [0.4, 0.5) is 4.79 Å². The van der Waals surface area contributed by atoms with Crippen LogP contribution in [0.1, 0.15) is 39.0 Å². The van der Waals surface area contributed by atoms with Crippen LogP contribution in [0.3, 0.4) is 0 Å². The summed E-state index contributed by atoms with van der Waals surface area (Å²) in [4.78, 5) is 12.7. The third-order valence-electron chi connectivity index (χ3n) is 4.15. The maximum absolute atomic E-state index is 11.1. The predicted molar refractivity (Wildman–Crippen MR) is 62.6 cm³/mol. The molecule has 0 bridgehead atoms. The molecule has 2 aliphatic rings. The number of hydrogen-bond donors (Lipinski definition) is 2. The lowest BCUT2D eigenvalue weighted by Crippen LogP contribution is -2.70. The van der Waals surface area contributed by atoms with E-state index in [1.807, 2.05) is 0 Å². The van der Waals surface area contributed by atoms with E-state index in [0.717, 1.165) is 38.9 Å². The van der Waals surface area contributed by atoms with E-state index < -0.39 is 6.09 Å². The zero-order valence-electron chi connectivity index (χ0n) is 10.0. The van der Waals surface area contributed by atoms with Crippen LogP contribution in [0.2, 0.25) is 0 Å². The SMILES string of the molecule is CCCCC1N(C(=O)O)CC12CCCNC2. The average Bonchev–Trinajstić information content (AvgIpc) is 2.27. The van der Waals surface area contributed by atoms with Crippen molar-refractivity contribution in [3.05, 3.63) is 0 Å². The zero-order valence-corrected chi connectivity index (χ0v) is 10.0. The van der Waals surface area contributed by atoms with Gasteiger partial charge in [0.05, 0.1) is 0 Å². The molecule has 92 valence electrons. The second-order valence-corrected chi connectivity index (χ2v) is 5.21. The van der Waals surface area contributed by atoms with Gasteiger partial charge in [-0.2, -0.15) is 0 Å². The number of amides is 1. The first-order chi connectivity index (χ1) is 7.69. The number of piperidine rings is 1. The van der Waals surface area contributed by atoms with Crippen LogP contribution in [-0.4, -0.2) is 41.8 Å². The minimum Gasteiger partial charge on any atom is -0.465 e. The molecule has 0 aromatic rings. The summed E-state index contributed by atoms with van der Waals surface area (Å²) in [7, 11) is 0. The van der Waals surface area contributed by atoms with Crippen LogP contribution in [0.25, 0.3) is 0 Å². The van der Waals surface area contributed by atoms with E-state index in [-0.39, 0.29) is 11.5 Å². The number of unbranched alkanes of at least 4 members (excludes halogenated alkanes) is 1. The highest BCUT2D eigenvalue weighted by molar-refractivity contribution is 5.67. The average molecular weight is 226 g/mol. The van der Waals surface area contributed by atoms with E-state index in [9.17, 15) is 4.79 Å². The van der Waals surface area contributed by atoms with Gasteiger partial charge in [-0.15, -0.1) is 0 Å². The second kappa shape index (κ2) is 4.62. The summed E-state index contributed by atoms with van der Waals surface area (Å²) in [6, 6.07) is 0.262. The molecule has 2 rings (SSSR count). The number of carbonyl (C=O) groups is 1. The van der Waals surface area contributed by atoms with Crippen molar-refractivity contribution >= 4 is 6.09 Å². The van der Waals surface area contributed by atoms with Crippen LogP contribution >= 0.6 is 0 Å². The number of rotatable bonds is 3. The van der Waals surface area contributed by atoms with Crippen molar-refractivity contribution in [3.63, 3.8) is 0 Å². The summed E-state index contributed by atoms with van der Waals surface area (Å²) in [5, 5.41) is 12.5. The molecule has 1 spiro atoms. The van der Waals surface area contributed by atoms with Crippen LogP contribution < -0.4 is 5.32 Å². The molecule has 2 unspecified atom stereocenters. The van der Waals surface area contributed by atoms with Crippen molar-refractivity contribution in [3.8, 4) is 0 Å². The summed E-state index contributed by atoms with van der Waals surface area (Å²) in [6.07, 6.45) is 4.96. The topological polar surface area (TPSA) is 52.6 Å². The Morgan fingerprint density at radius 1 is 1.62 bits per heavy atom. The molecule has 2 heterocycles. The van der Waals surface area contributed by atoms with E-state index in [2.05, 4.69) is 12.2 Å². The highest BCUT2D eigenvalue weighted by atomic mass is 16.4. The summed E-state index contributed by atoms with van der Waals surface area (Å²) in [5.41, 5.74) is 0.256. The summed E-state index contributed by atoms with van der Waals surface area (Å²) < 4.78 is 0. The fourth-order valence-electron chi connectivity index (χ4n) is 3.24. The number of carboxylic acid groups (broad SMARTS) is 1. The molecule has 0 aliphatic carbocycles. The van der Waals surface area contributed by atoms with Gasteiger partial charge in [-0.1, -0.05) is 19.8 Å². The lowest BCUT2D eigenvalue weighted by atomic mass is 9.65. The molecule has 0 radical (unpaired) electrons. The van der Waals surface area contributed by atoms with Gasteiger partial charge in [-0.05, 0) is 25.8 Å². The minimum absolute atomic E-state index is 0.256. The first-order valence-corrected chi connectivity index (χ1v) is 6.40. The Balaban J connectivity index is 2.00. The van der Waals surface area contributed by atoms with Crippen LogP contribution in [-0.2, 0) is 0 Å². The Morgan fingerprint density at radius 3 is 3.00 bits per heavy atom. The molecule has 4 heteroatoms. The van der Waals surface area contributed by atoms with E-state index in [1.165, 1.54) is 12.8 Å². The molecular weight excluding hydrogens is 204 g/mol. The second-order valence-electron chi connectivity index (χ2n) is 5.21. The molecule has 0 aromatic carbocycles. The molecule has 2 fully saturated rings. The fourth-order valence-corrected chi connectivity index (χ4v) is 3.24. The Labute approximate surface area is 97.0 Å². The molecule has 4 nitrogen and oxygen atoms in total. The van der Waals surface area contributed by atoms with E-state index >= 15 is 0 Å². The third kappa shape index (κ3) is 1.90. The quantitative estimate of drug-likeness (QED) is 0.773. The highest BCUT2D eigenvalue weighted by Gasteiger charge is 2.53. The summed E-state index contributed by atoms with van der Waals surface area (Å²) >= 11 is 0. The minimum atomic E-state index is -0.739. The van der Waals surface area contributed by atoms with Crippen LogP contribution in [0, 0.1) is 5.41 Å². The van der Waals surface area contributed by atoms with Crippen molar-refractivity contribution in [2.24, 2.45) is 5.41 Å². The summed E-state index contributed by atoms with van der Waals surface area (Å²) in [5.74, 6) is 0. The van der Waals surface area contributed by atoms with Crippen LogP contribution in [0.15, 0.2) is 0 Å². The van der Waals surface area contributed by atoms with Crippen molar-refractivity contribution in [2.45, 2.75) is 45.1 Å². The molecule has 2 atom stereocenters. The van der Waals surface area contributed by atoms with Gasteiger partial charge in [0.15, 0.2) is 0 Å². The Kier molecular flexibility index (Phi) is 3.38. The van der Waals surface area contributed by atoms with Gasteiger partial charge in [0.25, 0.3) is 0 Å². The molecule has 2 N–H and O–H groups in total. The van der Waals surface area contributed by atoms with Gasteiger partial charge in [0, 0.05) is 24.5 Å². The number of likely N-dealkylation sites (tertiary alicyclic amines) is 1. The lowest BCUT2D eigenvalue weighted by Gasteiger charge is -2.58. The number of nitrogens with one attached hydrogen (secondary N) is 1. The Hall–Kier alpha value is -0.770. The molecule has 2 saturated heterocycles. The normalized spacial score (nSPS) is 33.8. The Morgan fingerprint density at radius 2 is 2.44 bits per heavy atom. The van der Waals surface area contributed by atoms with E-state index in [4.69, 9.17) is 5.11 Å². The fraction of sp³-hybridized carbons (Fsp3) is 0.917. The predicted octanol–water partition coefficient (Wildman–Crippen LogP) is 1.91. The number of nitrogens with zero attached hydrogens (tertiary/aromatic N) is 1. The molecule has 0 saturated carbocycles. The standard InChI is InChI=1S/C12H22N2O2/c1-2-3-5-10-12(6-4-7-13-8-12)9-14(10)11(15)16/h10,13H,2-9H2,1H3,(H,15,16). The Bertz CT molecular complexity index is 262. The van der Waals surface area contributed by atoms with Crippen molar-refractivity contribution < 1.29 is 9.90 Å². The smallest absolute Gasteiger partial charge is 0.407 e. The van der Waals surface area contributed by atoms with Gasteiger partial charge >= 0.3 is 6.09 Å². The zero-order chi connectivity index (χ0) is 11.6. The lowest BCUT2D eigenvalue weighted by molar-refractivity contribution is -0.0739. The van der Waals surface area contributed by atoms with Gasteiger partial charge in [0.1, 0.15) is 0 Å². The molecule has 16 heavy (non-hydrogen) atoms. The van der Waals surface area contributed by atoms with Crippen molar-refractivity contribution in [1.82, 2.24) is 10.2 Å². The van der Waals surface area contributed by atoms with Gasteiger partial charge in [-0.3, -0.25) is 0 Å². The molecule has 0 aromatic heterocycles. The third-order valence-corrected chi connectivity index (χ3v) is 4.15. The first kappa shape index (κ1) is 11.7. The van der Waals surface area contributed by atoms with E-state index in [0.29, 0.717) is 0 Å². The van der Waals surface area contributed by atoms with E-state index in [1.54, 1.807) is 4.90 Å². The van der Waals surface area contributed by atoms with Gasteiger partial charge < -0.3 is 15.3 Å². The van der Waals surface area contributed by atoms with Gasteiger partial charge in [0.2, 0.25) is 0 Å². The molecule has 2 aliphatic heterocycles. The number of hydrogen-bond acceptors (Lipinski definition) is 2. The maximum atomic E-state index is 11.1. The van der Waals surface area contributed by atoms with Gasteiger partial charge in [-0.25, -0.2) is 4.79 Å². The molecule has 1 amide bonds. The van der Waals surface area contributed by atoms with Crippen molar-refractivity contribution in [2.75, 3.05) is 19.6 Å². The first-order valence-electron chi connectivity index (χ1n) is 6.40. The molecular formula is C12H22N2O2. The maximum Gasteiger partial charge on any atom is 0.407 e. The highest BCUT2D eigenvalue weighted by Crippen LogP contribution is 2.45. The summed E-state index contributed by atoms with van der Waals surface area (Å²) in [6.45, 7) is 5.00. The largest absolute Gasteiger partial charge is 0.465 e. The monoisotopic (exact) mass is 226 g/mol. The van der Waals surface area contributed by atoms with Crippen LogP contribution in [0.5, 0.6) is 0 Å².